The van der Waals surface area contributed by atoms with E-state index in [-0.39, 0.29) is 6.04 Å². The Hall–Kier alpha value is -2.00. The van der Waals surface area contributed by atoms with E-state index in [1.807, 2.05) is 24.3 Å². The third-order valence-electron chi connectivity index (χ3n) is 3.34. The van der Waals surface area contributed by atoms with Gasteiger partial charge in [0.2, 0.25) is 0 Å². The van der Waals surface area contributed by atoms with E-state index < -0.39 is 0 Å². The van der Waals surface area contributed by atoms with Crippen molar-refractivity contribution in [1.29, 1.82) is 0 Å². The molecule has 0 saturated heterocycles. The van der Waals surface area contributed by atoms with Gasteiger partial charge in [0.05, 0.1) is 7.11 Å². The number of ether oxygens (including phenoxy) is 1. The normalized spacial score (nSPS) is 12.1. The van der Waals surface area contributed by atoms with Crippen LogP contribution in [0.15, 0.2) is 48.5 Å². The van der Waals surface area contributed by atoms with Crippen molar-refractivity contribution in [2.45, 2.75) is 19.4 Å². The summed E-state index contributed by atoms with van der Waals surface area (Å²) in [5.41, 5.74) is 2.44. The molecule has 2 rings (SSSR count). The van der Waals surface area contributed by atoms with Gasteiger partial charge in [0.1, 0.15) is 11.5 Å². The molecule has 0 spiro atoms. The zero-order valence-corrected chi connectivity index (χ0v) is 12.0. The van der Waals surface area contributed by atoms with Gasteiger partial charge in [0.25, 0.3) is 0 Å². The van der Waals surface area contributed by atoms with Crippen LogP contribution in [0.25, 0.3) is 0 Å². The van der Waals surface area contributed by atoms with Crippen LogP contribution < -0.4 is 10.1 Å². The maximum Gasteiger partial charge on any atom is 0.118 e. The molecule has 0 radical (unpaired) electrons. The van der Waals surface area contributed by atoms with Gasteiger partial charge in [-0.1, -0.05) is 31.2 Å². The minimum atomic E-state index is 0.260. The molecule has 3 nitrogen and oxygen atoms in total. The largest absolute Gasteiger partial charge is 0.508 e. The molecule has 2 aromatic carbocycles. The molecule has 0 aliphatic rings. The summed E-state index contributed by atoms with van der Waals surface area (Å²) >= 11 is 0. The van der Waals surface area contributed by atoms with Crippen LogP contribution in [0.4, 0.5) is 0 Å². The van der Waals surface area contributed by atoms with Crippen LogP contribution >= 0.6 is 0 Å². The average molecular weight is 271 g/mol. The predicted molar refractivity (Wildman–Crippen MR) is 81.2 cm³/mol. The van der Waals surface area contributed by atoms with E-state index in [0.29, 0.717) is 5.75 Å². The van der Waals surface area contributed by atoms with Gasteiger partial charge in [-0.15, -0.1) is 0 Å². The highest BCUT2D eigenvalue weighted by Crippen LogP contribution is 2.22. The summed E-state index contributed by atoms with van der Waals surface area (Å²) in [7, 11) is 1.67. The molecule has 2 aromatic rings. The number of hydrogen-bond donors (Lipinski definition) is 2. The second-order valence-corrected chi connectivity index (χ2v) is 4.75. The molecule has 0 bridgehead atoms. The third-order valence-corrected chi connectivity index (χ3v) is 3.34. The number of phenols is 1. The number of phenolic OH excluding ortho intramolecular Hbond substituents is 1. The second kappa shape index (κ2) is 6.96. The summed E-state index contributed by atoms with van der Waals surface area (Å²) in [5.74, 6) is 1.17. The topological polar surface area (TPSA) is 41.5 Å². The first-order valence-electron chi connectivity index (χ1n) is 6.88. The Bertz CT molecular complexity index is 520. The fourth-order valence-corrected chi connectivity index (χ4v) is 2.26. The van der Waals surface area contributed by atoms with Crippen molar-refractivity contribution in [3.05, 3.63) is 59.7 Å². The minimum absolute atomic E-state index is 0.260. The molecule has 1 unspecified atom stereocenters. The van der Waals surface area contributed by atoms with Gasteiger partial charge in [0.15, 0.2) is 0 Å². The van der Waals surface area contributed by atoms with Crippen LogP contribution in [-0.4, -0.2) is 18.8 Å². The van der Waals surface area contributed by atoms with Crippen molar-refractivity contribution in [3.8, 4) is 11.5 Å². The maximum atomic E-state index is 9.34. The fourth-order valence-electron chi connectivity index (χ4n) is 2.26. The average Bonchev–Trinajstić information content (AvgIpc) is 2.49. The highest BCUT2D eigenvalue weighted by molar-refractivity contribution is 5.32. The lowest BCUT2D eigenvalue weighted by Crippen LogP contribution is -2.22. The molecule has 0 heterocycles. The lowest BCUT2D eigenvalue weighted by Gasteiger charge is -2.19. The molecule has 106 valence electrons. The Morgan fingerprint density at radius 2 is 1.70 bits per heavy atom. The zero-order chi connectivity index (χ0) is 14.4. The van der Waals surface area contributed by atoms with Crippen LogP contribution in [-0.2, 0) is 6.42 Å². The standard InChI is InChI=1S/C17H21NO2/c1-3-18-17(12-13-4-8-15(19)9-5-13)14-6-10-16(20-2)11-7-14/h4-11,17-19H,3,12H2,1-2H3. The molecule has 20 heavy (non-hydrogen) atoms. The molecule has 0 saturated carbocycles. The Morgan fingerprint density at radius 1 is 1.05 bits per heavy atom. The number of methoxy groups -OCH3 is 1. The first-order chi connectivity index (χ1) is 9.72. The molecule has 0 aliphatic carbocycles. The predicted octanol–water partition coefficient (Wildman–Crippen LogP) is 3.29. The molecule has 0 amide bonds. The molecule has 0 aromatic heterocycles. The summed E-state index contributed by atoms with van der Waals surface area (Å²) in [6.07, 6.45) is 0.889. The first-order valence-corrected chi connectivity index (χ1v) is 6.88. The second-order valence-electron chi connectivity index (χ2n) is 4.75. The number of hydrogen-bond acceptors (Lipinski definition) is 3. The van der Waals surface area contributed by atoms with Gasteiger partial charge in [-0.2, -0.15) is 0 Å². The Morgan fingerprint density at radius 3 is 2.25 bits per heavy atom. The van der Waals surface area contributed by atoms with E-state index in [1.54, 1.807) is 19.2 Å². The third kappa shape index (κ3) is 3.75. The number of benzene rings is 2. The fraction of sp³-hybridized carbons (Fsp3) is 0.294. The van der Waals surface area contributed by atoms with Crippen LogP contribution in [0.2, 0.25) is 0 Å². The lowest BCUT2D eigenvalue weighted by atomic mass is 9.98. The molecule has 0 fully saturated rings. The number of nitrogens with one attached hydrogen (secondary N) is 1. The van der Waals surface area contributed by atoms with Crippen LogP contribution in [0.1, 0.15) is 24.1 Å². The zero-order valence-electron chi connectivity index (χ0n) is 12.0. The molecule has 1 atom stereocenters. The van der Waals surface area contributed by atoms with Crippen molar-refractivity contribution < 1.29 is 9.84 Å². The SMILES string of the molecule is CCNC(Cc1ccc(O)cc1)c1ccc(OC)cc1. The Balaban J connectivity index is 2.14. The maximum absolute atomic E-state index is 9.34. The van der Waals surface area contributed by atoms with Crippen molar-refractivity contribution in [1.82, 2.24) is 5.32 Å². The Kier molecular flexibility index (Phi) is 5.02. The Labute approximate surface area is 120 Å². The quantitative estimate of drug-likeness (QED) is 0.847. The van der Waals surface area contributed by atoms with Crippen molar-refractivity contribution in [2.24, 2.45) is 0 Å². The summed E-state index contributed by atoms with van der Waals surface area (Å²) in [5, 5.41) is 12.8. The smallest absolute Gasteiger partial charge is 0.118 e. The van der Waals surface area contributed by atoms with Crippen molar-refractivity contribution in [2.75, 3.05) is 13.7 Å². The van der Waals surface area contributed by atoms with Gasteiger partial charge in [-0.3, -0.25) is 0 Å². The highest BCUT2D eigenvalue weighted by Gasteiger charge is 2.11. The van der Waals surface area contributed by atoms with Gasteiger partial charge < -0.3 is 15.2 Å². The monoisotopic (exact) mass is 271 g/mol. The van der Waals surface area contributed by atoms with Crippen LogP contribution in [0.3, 0.4) is 0 Å². The van der Waals surface area contributed by atoms with E-state index in [9.17, 15) is 5.11 Å². The van der Waals surface area contributed by atoms with E-state index in [2.05, 4.69) is 24.4 Å². The molecule has 0 aliphatic heterocycles. The molecule has 2 N–H and O–H groups in total. The summed E-state index contributed by atoms with van der Waals surface area (Å²) in [4.78, 5) is 0. The lowest BCUT2D eigenvalue weighted by molar-refractivity contribution is 0.414. The molecular formula is C17H21NO2. The van der Waals surface area contributed by atoms with E-state index in [4.69, 9.17) is 4.74 Å². The number of rotatable bonds is 6. The number of aromatic hydroxyl groups is 1. The van der Waals surface area contributed by atoms with Crippen LogP contribution in [0.5, 0.6) is 11.5 Å². The minimum Gasteiger partial charge on any atom is -0.508 e. The van der Waals surface area contributed by atoms with Gasteiger partial charge >= 0.3 is 0 Å². The van der Waals surface area contributed by atoms with Crippen molar-refractivity contribution >= 4 is 0 Å². The van der Waals surface area contributed by atoms with E-state index >= 15 is 0 Å². The van der Waals surface area contributed by atoms with Crippen molar-refractivity contribution in [3.63, 3.8) is 0 Å². The van der Waals surface area contributed by atoms with Gasteiger partial charge in [-0.05, 0) is 48.4 Å². The first kappa shape index (κ1) is 14.4. The summed E-state index contributed by atoms with van der Waals surface area (Å²) in [6, 6.07) is 15.8. The molecular weight excluding hydrogens is 250 g/mol. The van der Waals surface area contributed by atoms with Gasteiger partial charge in [0, 0.05) is 6.04 Å². The van der Waals surface area contributed by atoms with E-state index in [0.717, 1.165) is 18.7 Å². The summed E-state index contributed by atoms with van der Waals surface area (Å²) < 4.78 is 5.19. The molecule has 3 heteroatoms. The van der Waals surface area contributed by atoms with E-state index in [1.165, 1.54) is 11.1 Å². The summed E-state index contributed by atoms with van der Waals surface area (Å²) in [6.45, 7) is 3.02. The highest BCUT2D eigenvalue weighted by atomic mass is 16.5. The van der Waals surface area contributed by atoms with Gasteiger partial charge in [-0.25, -0.2) is 0 Å². The van der Waals surface area contributed by atoms with Crippen LogP contribution in [0, 0.1) is 0 Å². The number of likely N-dealkylation sites (N-methyl/N-ethyl adjacent to an activating group) is 1.